The Morgan fingerprint density at radius 3 is 2.96 bits per heavy atom. The number of esters is 1. The number of aromatic nitrogens is 5. The quantitative estimate of drug-likeness (QED) is 0.731. The molecule has 0 spiro atoms. The zero-order chi connectivity index (χ0) is 17.3. The highest BCUT2D eigenvalue weighted by molar-refractivity contribution is 5.66. The van der Waals surface area contributed by atoms with Gasteiger partial charge in [-0.25, -0.2) is 14.5 Å². The molecule has 2 aromatic rings. The number of aliphatic hydroxyl groups is 1. The number of aryl methyl sites for hydroxylation is 1. The second-order valence-corrected chi connectivity index (χ2v) is 5.47. The lowest BCUT2D eigenvalue weighted by Crippen LogP contribution is -2.29. The summed E-state index contributed by atoms with van der Waals surface area (Å²) >= 11 is 0. The van der Waals surface area contributed by atoms with Crippen LogP contribution in [-0.2, 0) is 14.3 Å². The highest BCUT2D eigenvalue weighted by Gasteiger charge is 2.38. The summed E-state index contributed by atoms with van der Waals surface area (Å²) in [7, 11) is 0. The van der Waals surface area contributed by atoms with E-state index >= 15 is 0 Å². The van der Waals surface area contributed by atoms with Crippen LogP contribution in [0.25, 0.3) is 5.82 Å². The van der Waals surface area contributed by atoms with Crippen LogP contribution in [0.1, 0.15) is 25.1 Å². The average molecular weight is 335 g/mol. The molecule has 128 valence electrons. The Morgan fingerprint density at radius 2 is 2.33 bits per heavy atom. The van der Waals surface area contributed by atoms with Crippen LogP contribution in [0.2, 0.25) is 0 Å². The first-order valence-electron chi connectivity index (χ1n) is 7.38. The highest BCUT2D eigenvalue weighted by atomic mass is 16.6. The Morgan fingerprint density at radius 1 is 1.54 bits per heavy atom. The number of carbonyl (C=O) groups is 1. The van der Waals surface area contributed by atoms with Crippen molar-refractivity contribution in [2.24, 2.45) is 0 Å². The Kier molecular flexibility index (Phi) is 4.40. The zero-order valence-electron chi connectivity index (χ0n) is 13.2. The number of hydrogen-bond acceptors (Lipinski definition) is 8. The second-order valence-electron chi connectivity index (χ2n) is 5.47. The van der Waals surface area contributed by atoms with E-state index in [1.807, 2.05) is 0 Å². The summed E-state index contributed by atoms with van der Waals surface area (Å²) in [6, 6.07) is 0. The topological polar surface area (TPSA) is 121 Å². The van der Waals surface area contributed by atoms with Crippen molar-refractivity contribution < 1.29 is 19.4 Å². The van der Waals surface area contributed by atoms with Crippen LogP contribution in [-0.4, -0.2) is 54.2 Å². The van der Waals surface area contributed by atoms with Crippen LogP contribution in [0, 0.1) is 6.92 Å². The van der Waals surface area contributed by atoms with Crippen molar-refractivity contribution in [2.45, 2.75) is 38.7 Å². The van der Waals surface area contributed by atoms with Crippen molar-refractivity contribution in [1.29, 1.82) is 0 Å². The standard InChI is InChI=1S/C14H17N5O5/c1-8-4-18(14(22)17-13(8)19-7-15-6-16-19)12-3-10(23-9(2)21)11(5-20)24-12/h4,6-7,10-12,20H,3,5H2,1-2H3. The molecule has 10 nitrogen and oxygen atoms in total. The molecule has 0 aliphatic carbocycles. The van der Waals surface area contributed by atoms with Crippen LogP contribution in [0.3, 0.4) is 0 Å². The molecule has 0 bridgehead atoms. The largest absolute Gasteiger partial charge is 0.460 e. The van der Waals surface area contributed by atoms with E-state index in [4.69, 9.17) is 9.47 Å². The molecule has 0 aromatic carbocycles. The van der Waals surface area contributed by atoms with Gasteiger partial charge in [-0.15, -0.1) is 0 Å². The summed E-state index contributed by atoms with van der Waals surface area (Å²) in [5.74, 6) is -0.0899. The molecule has 1 aliphatic heterocycles. The van der Waals surface area contributed by atoms with Gasteiger partial charge in [-0.1, -0.05) is 0 Å². The van der Waals surface area contributed by atoms with Crippen molar-refractivity contribution in [2.75, 3.05) is 6.61 Å². The van der Waals surface area contributed by atoms with E-state index in [0.29, 0.717) is 11.4 Å². The highest BCUT2D eigenvalue weighted by Crippen LogP contribution is 2.30. The molecule has 3 rings (SSSR count). The minimum atomic E-state index is -0.680. The van der Waals surface area contributed by atoms with Gasteiger partial charge in [0.25, 0.3) is 0 Å². The van der Waals surface area contributed by atoms with E-state index < -0.39 is 30.1 Å². The number of rotatable bonds is 4. The Balaban J connectivity index is 1.89. The number of nitrogens with zero attached hydrogens (tertiary/aromatic N) is 5. The van der Waals surface area contributed by atoms with Crippen molar-refractivity contribution >= 4 is 5.97 Å². The van der Waals surface area contributed by atoms with Crippen LogP contribution in [0.4, 0.5) is 0 Å². The normalized spacial score (nSPS) is 23.4. The summed E-state index contributed by atoms with van der Waals surface area (Å²) in [6.07, 6.45) is 2.69. The SMILES string of the molecule is CC(=O)OC1CC(n2cc(C)c(-n3cncn3)nc2=O)OC1CO. The predicted octanol–water partition coefficient (Wildman–Crippen LogP) is -0.656. The Hall–Kier alpha value is -2.59. The van der Waals surface area contributed by atoms with Gasteiger partial charge in [-0.2, -0.15) is 10.1 Å². The van der Waals surface area contributed by atoms with Gasteiger partial charge in [0.1, 0.15) is 31.1 Å². The lowest BCUT2D eigenvalue weighted by molar-refractivity contribution is -0.150. The van der Waals surface area contributed by atoms with Gasteiger partial charge in [0.15, 0.2) is 5.82 Å². The molecule has 1 fully saturated rings. The molecule has 3 heterocycles. The monoisotopic (exact) mass is 335 g/mol. The average Bonchev–Trinajstić information content (AvgIpc) is 3.18. The molecule has 10 heteroatoms. The van der Waals surface area contributed by atoms with Gasteiger partial charge < -0.3 is 14.6 Å². The van der Waals surface area contributed by atoms with E-state index in [1.54, 1.807) is 13.1 Å². The van der Waals surface area contributed by atoms with Gasteiger partial charge in [-0.05, 0) is 6.92 Å². The third-order valence-corrected chi connectivity index (χ3v) is 3.73. The van der Waals surface area contributed by atoms with Crippen molar-refractivity contribution in [3.8, 4) is 5.82 Å². The molecular weight excluding hydrogens is 318 g/mol. The number of hydrogen-bond donors (Lipinski definition) is 1. The lowest BCUT2D eigenvalue weighted by atomic mass is 10.2. The van der Waals surface area contributed by atoms with E-state index in [1.165, 1.54) is 28.8 Å². The molecule has 24 heavy (non-hydrogen) atoms. The second kappa shape index (κ2) is 6.49. The summed E-state index contributed by atoms with van der Waals surface area (Å²) in [6.45, 7) is 2.75. The number of aliphatic hydroxyl groups excluding tert-OH is 1. The van der Waals surface area contributed by atoms with Gasteiger partial charge in [0, 0.05) is 25.1 Å². The smallest absolute Gasteiger partial charge is 0.351 e. The van der Waals surface area contributed by atoms with E-state index in [-0.39, 0.29) is 13.0 Å². The fourth-order valence-corrected chi connectivity index (χ4v) is 2.69. The van der Waals surface area contributed by atoms with E-state index in [9.17, 15) is 14.7 Å². The Labute approximate surface area is 136 Å². The lowest BCUT2D eigenvalue weighted by Gasteiger charge is -2.16. The van der Waals surface area contributed by atoms with E-state index in [0.717, 1.165) is 0 Å². The maximum absolute atomic E-state index is 12.3. The van der Waals surface area contributed by atoms with Crippen LogP contribution < -0.4 is 5.69 Å². The van der Waals surface area contributed by atoms with Crippen LogP contribution in [0.15, 0.2) is 23.6 Å². The molecule has 1 saturated heterocycles. The first kappa shape index (κ1) is 16.3. The first-order chi connectivity index (χ1) is 11.5. The first-order valence-corrected chi connectivity index (χ1v) is 7.38. The minimum Gasteiger partial charge on any atom is -0.460 e. The summed E-state index contributed by atoms with van der Waals surface area (Å²) in [4.78, 5) is 31.3. The van der Waals surface area contributed by atoms with E-state index in [2.05, 4.69) is 15.1 Å². The fraction of sp³-hybridized carbons (Fsp3) is 0.500. The van der Waals surface area contributed by atoms with Crippen molar-refractivity contribution in [3.63, 3.8) is 0 Å². The summed E-state index contributed by atoms with van der Waals surface area (Å²) in [5.41, 5.74) is 0.163. The molecule has 2 aromatic heterocycles. The summed E-state index contributed by atoms with van der Waals surface area (Å²) in [5, 5.41) is 13.3. The molecule has 0 saturated carbocycles. The molecule has 0 radical (unpaired) electrons. The molecule has 1 N–H and O–H groups in total. The zero-order valence-corrected chi connectivity index (χ0v) is 13.2. The predicted molar refractivity (Wildman–Crippen MR) is 79.3 cm³/mol. The van der Waals surface area contributed by atoms with Gasteiger partial charge in [0.05, 0.1) is 6.61 Å². The molecule has 3 unspecified atom stereocenters. The maximum atomic E-state index is 12.3. The van der Waals surface area contributed by atoms with Crippen LogP contribution >= 0.6 is 0 Å². The minimum absolute atomic E-state index is 0.258. The van der Waals surface area contributed by atoms with Gasteiger partial charge >= 0.3 is 11.7 Å². The van der Waals surface area contributed by atoms with Gasteiger partial charge in [-0.3, -0.25) is 9.36 Å². The maximum Gasteiger partial charge on any atom is 0.351 e. The molecule has 0 amide bonds. The third-order valence-electron chi connectivity index (χ3n) is 3.73. The Bertz CT molecular complexity index is 787. The number of carbonyl (C=O) groups excluding carboxylic acids is 1. The number of ether oxygens (including phenoxy) is 2. The third kappa shape index (κ3) is 3.05. The molecule has 3 atom stereocenters. The van der Waals surface area contributed by atoms with Gasteiger partial charge in [0.2, 0.25) is 0 Å². The van der Waals surface area contributed by atoms with Crippen molar-refractivity contribution in [1.82, 2.24) is 24.3 Å². The van der Waals surface area contributed by atoms with Crippen LogP contribution in [0.5, 0.6) is 0 Å². The van der Waals surface area contributed by atoms with Crippen molar-refractivity contribution in [3.05, 3.63) is 34.9 Å². The summed E-state index contributed by atoms with van der Waals surface area (Å²) < 4.78 is 13.5. The fourth-order valence-electron chi connectivity index (χ4n) is 2.69. The molecule has 1 aliphatic rings. The molecular formula is C14H17N5O5.